The maximum absolute atomic E-state index is 11.8. The number of nitrogens with one attached hydrogen (secondary N) is 2. The summed E-state index contributed by atoms with van der Waals surface area (Å²) < 4.78 is 0. The van der Waals surface area contributed by atoms with Crippen molar-refractivity contribution in [3.63, 3.8) is 0 Å². The van der Waals surface area contributed by atoms with Gasteiger partial charge in [-0.1, -0.05) is 0 Å². The lowest BCUT2D eigenvalue weighted by Gasteiger charge is -2.20. The minimum Gasteiger partial charge on any atom is -0.351 e. The summed E-state index contributed by atoms with van der Waals surface area (Å²) in [6, 6.07) is 3.84. The minimum absolute atomic E-state index is 0.177. The molecule has 1 aromatic rings. The van der Waals surface area contributed by atoms with Crippen LogP contribution in [0.4, 0.5) is 5.69 Å². The van der Waals surface area contributed by atoms with Gasteiger partial charge in [0.25, 0.3) is 5.91 Å². The fourth-order valence-electron chi connectivity index (χ4n) is 1.52. The summed E-state index contributed by atoms with van der Waals surface area (Å²) in [6.45, 7) is 5.88. The van der Waals surface area contributed by atoms with Crippen molar-refractivity contribution in [1.82, 2.24) is 15.2 Å². The molecule has 0 aliphatic carbocycles. The highest BCUT2D eigenvalue weighted by atomic mass is 16.1. The third kappa shape index (κ3) is 5.23. The second-order valence-corrected chi connectivity index (χ2v) is 4.76. The second-order valence-electron chi connectivity index (χ2n) is 4.76. The quantitative estimate of drug-likeness (QED) is 0.386. The van der Waals surface area contributed by atoms with Gasteiger partial charge in [0.2, 0.25) is 0 Å². The number of pyridine rings is 1. The Morgan fingerprint density at radius 3 is 2.89 bits per heavy atom. The van der Waals surface area contributed by atoms with Crippen molar-refractivity contribution in [2.45, 2.75) is 26.3 Å². The summed E-state index contributed by atoms with van der Waals surface area (Å²) in [5, 5.41) is 2.85. The summed E-state index contributed by atoms with van der Waals surface area (Å²) in [5.41, 5.74) is 3.52. The molecule has 6 nitrogen and oxygen atoms in total. The van der Waals surface area contributed by atoms with Gasteiger partial charge in [0, 0.05) is 18.8 Å². The topological polar surface area (TPSA) is 83.3 Å². The van der Waals surface area contributed by atoms with E-state index in [9.17, 15) is 4.79 Å². The van der Waals surface area contributed by atoms with Crippen LogP contribution < -0.4 is 16.6 Å². The molecule has 0 aromatic carbocycles. The first kappa shape index (κ1) is 15.4. The molecule has 0 saturated heterocycles. The third-order valence-corrected chi connectivity index (χ3v) is 3.01. The van der Waals surface area contributed by atoms with Crippen molar-refractivity contribution in [1.29, 1.82) is 0 Å². The average molecular weight is 265 g/mol. The molecular formula is C13H23N5O. The van der Waals surface area contributed by atoms with Crippen molar-refractivity contribution in [3.05, 3.63) is 24.0 Å². The summed E-state index contributed by atoms with van der Waals surface area (Å²) in [4.78, 5) is 18.1. The van der Waals surface area contributed by atoms with E-state index < -0.39 is 0 Å². The fraction of sp³-hybridized carbons (Fsp3) is 0.538. The van der Waals surface area contributed by atoms with Crippen molar-refractivity contribution in [2.75, 3.05) is 25.6 Å². The molecule has 0 aliphatic heterocycles. The van der Waals surface area contributed by atoms with Gasteiger partial charge in [-0.2, -0.15) is 0 Å². The summed E-state index contributed by atoms with van der Waals surface area (Å²) >= 11 is 0. The van der Waals surface area contributed by atoms with Crippen LogP contribution in [0.15, 0.2) is 18.3 Å². The molecule has 0 unspecified atom stereocenters. The van der Waals surface area contributed by atoms with Crippen molar-refractivity contribution >= 4 is 11.6 Å². The fourth-order valence-corrected chi connectivity index (χ4v) is 1.52. The lowest BCUT2D eigenvalue weighted by molar-refractivity contribution is 0.0946. The lowest BCUT2D eigenvalue weighted by atomic mass is 10.3. The number of anilines is 1. The zero-order valence-corrected chi connectivity index (χ0v) is 11.8. The van der Waals surface area contributed by atoms with E-state index in [-0.39, 0.29) is 5.91 Å². The van der Waals surface area contributed by atoms with Crippen LogP contribution in [0.2, 0.25) is 0 Å². The van der Waals surface area contributed by atoms with Crippen molar-refractivity contribution in [3.8, 4) is 0 Å². The highest BCUT2D eigenvalue weighted by Gasteiger charge is 2.07. The monoisotopic (exact) mass is 265 g/mol. The Balaban J connectivity index is 2.35. The predicted molar refractivity (Wildman–Crippen MR) is 76.8 cm³/mol. The van der Waals surface area contributed by atoms with Crippen LogP contribution in [0, 0.1) is 0 Å². The standard InChI is InChI=1S/C13H23N5O/c1-10(2)18(3)8-4-6-16-13(19)12-9-11(17-14)5-7-15-12/h5,7,9-10H,4,6,8,14H2,1-3H3,(H,15,17)(H,16,19). The van der Waals surface area contributed by atoms with E-state index in [0.717, 1.165) is 13.0 Å². The Bertz CT molecular complexity index is 408. The molecule has 106 valence electrons. The number of amides is 1. The van der Waals surface area contributed by atoms with E-state index in [2.05, 4.69) is 41.5 Å². The van der Waals surface area contributed by atoms with Crippen LogP contribution in [-0.2, 0) is 0 Å². The van der Waals surface area contributed by atoms with Crippen LogP contribution in [0.25, 0.3) is 0 Å². The highest BCUT2D eigenvalue weighted by molar-refractivity contribution is 5.93. The van der Waals surface area contributed by atoms with Gasteiger partial charge in [-0.05, 0) is 46.0 Å². The number of hydrogen-bond acceptors (Lipinski definition) is 5. The number of rotatable bonds is 7. The Morgan fingerprint density at radius 1 is 1.53 bits per heavy atom. The van der Waals surface area contributed by atoms with Crippen LogP contribution in [0.3, 0.4) is 0 Å². The first-order valence-corrected chi connectivity index (χ1v) is 6.45. The number of aromatic nitrogens is 1. The maximum atomic E-state index is 11.8. The first-order valence-electron chi connectivity index (χ1n) is 6.45. The van der Waals surface area contributed by atoms with Gasteiger partial charge in [-0.15, -0.1) is 0 Å². The van der Waals surface area contributed by atoms with Crippen LogP contribution in [0.1, 0.15) is 30.8 Å². The number of carbonyl (C=O) groups excluding carboxylic acids is 1. The number of carbonyl (C=O) groups is 1. The minimum atomic E-state index is -0.177. The molecule has 19 heavy (non-hydrogen) atoms. The molecule has 1 aromatic heterocycles. The molecule has 6 heteroatoms. The smallest absolute Gasteiger partial charge is 0.269 e. The van der Waals surface area contributed by atoms with E-state index in [1.165, 1.54) is 0 Å². The predicted octanol–water partition coefficient (Wildman–Crippen LogP) is 0.827. The lowest BCUT2D eigenvalue weighted by Crippen LogP contribution is -2.31. The van der Waals surface area contributed by atoms with E-state index in [4.69, 9.17) is 5.84 Å². The molecule has 1 amide bonds. The van der Waals surface area contributed by atoms with Crippen LogP contribution >= 0.6 is 0 Å². The largest absolute Gasteiger partial charge is 0.351 e. The molecule has 0 radical (unpaired) electrons. The summed E-state index contributed by atoms with van der Waals surface area (Å²) in [5.74, 6) is 5.11. The average Bonchev–Trinajstić information content (AvgIpc) is 2.42. The molecule has 0 fully saturated rings. The Hall–Kier alpha value is -1.66. The number of nitrogen functional groups attached to an aromatic ring is 1. The van der Waals surface area contributed by atoms with Gasteiger partial charge >= 0.3 is 0 Å². The number of hydrazine groups is 1. The molecule has 1 heterocycles. The molecule has 0 spiro atoms. The number of hydrogen-bond donors (Lipinski definition) is 3. The Kier molecular flexibility index (Phi) is 6.24. The summed E-state index contributed by atoms with van der Waals surface area (Å²) in [6.07, 6.45) is 2.46. The highest BCUT2D eigenvalue weighted by Crippen LogP contribution is 2.05. The van der Waals surface area contributed by atoms with E-state index in [1.54, 1.807) is 18.3 Å². The third-order valence-electron chi connectivity index (χ3n) is 3.01. The molecule has 1 rings (SSSR count). The SMILES string of the molecule is CC(C)N(C)CCCNC(=O)c1cc(NN)ccn1. The molecular weight excluding hydrogens is 242 g/mol. The van der Waals surface area contributed by atoms with Crippen molar-refractivity contribution < 1.29 is 4.79 Å². The first-order chi connectivity index (χ1) is 9.04. The van der Waals surface area contributed by atoms with Gasteiger partial charge in [0.15, 0.2) is 0 Å². The van der Waals surface area contributed by atoms with Gasteiger partial charge in [0.05, 0.1) is 5.69 Å². The second kappa shape index (κ2) is 7.70. The molecule has 4 N–H and O–H groups in total. The number of nitrogens with two attached hydrogens (primary N) is 1. The zero-order chi connectivity index (χ0) is 14.3. The zero-order valence-electron chi connectivity index (χ0n) is 11.8. The maximum Gasteiger partial charge on any atom is 0.269 e. The van der Waals surface area contributed by atoms with E-state index in [0.29, 0.717) is 24.0 Å². The number of nitrogens with zero attached hydrogens (tertiary/aromatic N) is 2. The van der Waals surface area contributed by atoms with Gasteiger partial charge in [-0.25, -0.2) is 0 Å². The Labute approximate surface area is 114 Å². The van der Waals surface area contributed by atoms with Gasteiger partial charge in [-0.3, -0.25) is 15.6 Å². The van der Waals surface area contributed by atoms with Crippen LogP contribution in [0.5, 0.6) is 0 Å². The van der Waals surface area contributed by atoms with Gasteiger partial charge in [0.1, 0.15) is 5.69 Å². The van der Waals surface area contributed by atoms with Crippen LogP contribution in [-0.4, -0.2) is 42.0 Å². The van der Waals surface area contributed by atoms with Gasteiger partial charge < -0.3 is 15.6 Å². The molecule has 0 aliphatic rings. The van der Waals surface area contributed by atoms with Crippen molar-refractivity contribution in [2.24, 2.45) is 5.84 Å². The molecule has 0 saturated carbocycles. The molecule has 0 atom stereocenters. The Morgan fingerprint density at radius 2 is 2.26 bits per heavy atom. The normalized spacial score (nSPS) is 10.8. The molecule has 0 bridgehead atoms. The van der Waals surface area contributed by atoms with E-state index in [1.807, 2.05) is 0 Å². The summed E-state index contributed by atoms with van der Waals surface area (Å²) in [7, 11) is 2.07. The van der Waals surface area contributed by atoms with E-state index >= 15 is 0 Å².